The molecule has 10 nitrogen and oxygen atoms in total. The molecule has 2 aliphatic carbocycles. The molecule has 4 aliphatic rings. The first-order valence-corrected chi connectivity index (χ1v) is 19.3. The van der Waals surface area contributed by atoms with Crippen LogP contribution in [0.1, 0.15) is 127 Å². The number of fused-ring (bicyclic) bond motifs is 5. The van der Waals surface area contributed by atoms with Gasteiger partial charge < -0.3 is 24.4 Å². The molecule has 4 rings (SSSR count). The summed E-state index contributed by atoms with van der Waals surface area (Å²) in [5.41, 5.74) is -0.967. The van der Waals surface area contributed by atoms with Gasteiger partial charge >= 0.3 is 11.9 Å². The normalized spacial score (nSPS) is 39.7. The van der Waals surface area contributed by atoms with Crippen LogP contribution in [0.5, 0.6) is 0 Å². The number of hydrogen-bond donors (Lipinski definition) is 2. The maximum absolute atomic E-state index is 15.1. The van der Waals surface area contributed by atoms with Gasteiger partial charge in [-0.3, -0.25) is 24.0 Å². The van der Waals surface area contributed by atoms with E-state index in [4.69, 9.17) is 14.2 Å². The summed E-state index contributed by atoms with van der Waals surface area (Å²) in [6.45, 7) is 15.7. The molecule has 2 N–H and O–H groups in total. The fourth-order valence-corrected chi connectivity index (χ4v) is 9.19. The summed E-state index contributed by atoms with van der Waals surface area (Å²) in [6.07, 6.45) is 5.14. The Hall–Kier alpha value is -3.21. The van der Waals surface area contributed by atoms with E-state index in [1.807, 2.05) is 46.8 Å². The van der Waals surface area contributed by atoms with E-state index in [0.717, 1.165) is 16.7 Å². The molecule has 0 unspecified atom stereocenters. The van der Waals surface area contributed by atoms with Crippen LogP contribution in [-0.4, -0.2) is 76.1 Å². The predicted molar refractivity (Wildman–Crippen MR) is 200 cm³/mol. The van der Waals surface area contributed by atoms with Crippen LogP contribution in [-0.2, 0) is 38.2 Å². The van der Waals surface area contributed by atoms with E-state index in [1.54, 1.807) is 20.8 Å². The van der Waals surface area contributed by atoms with Gasteiger partial charge in [-0.05, 0) is 104 Å². The van der Waals surface area contributed by atoms with Gasteiger partial charge in [0, 0.05) is 43.9 Å². The molecular formula is C43H62O10. The van der Waals surface area contributed by atoms with Gasteiger partial charge in [0.25, 0.3) is 0 Å². The van der Waals surface area contributed by atoms with E-state index in [9.17, 15) is 29.4 Å². The number of esters is 2. The van der Waals surface area contributed by atoms with Crippen molar-refractivity contribution in [2.45, 2.75) is 156 Å². The molecule has 294 valence electrons. The van der Waals surface area contributed by atoms with Crippen LogP contribution >= 0.6 is 0 Å². The monoisotopic (exact) mass is 738 g/mol. The Labute approximate surface area is 315 Å². The van der Waals surface area contributed by atoms with Gasteiger partial charge in [0.1, 0.15) is 17.5 Å². The standard InChI is InChI=1S/C43H62O10/c1-24(2)31-21-35(46)27(5)13-11-12-25(3)18-30(45)23-43(40(48)51-10)33-19-26(4)14-15-36-41(8,49)17-16-37(53-36)42(9,50)38(52-29(7)44)22-32(33)28(6)20-34(43)39(31)47/h13,18-19,24,31,33-34,36-38,49-50H,11-12,14-17,20-23H2,1-10H3/b25-18+,26-19+,27-13+/t31-,33-,34+,36+,37+,38-,41+,42-,43+/m0/s1. The minimum absolute atomic E-state index is 0.00736. The lowest BCUT2D eigenvalue weighted by atomic mass is 9.52. The van der Waals surface area contributed by atoms with E-state index < -0.39 is 64.6 Å². The molecule has 1 saturated heterocycles. The molecule has 0 aromatic heterocycles. The molecule has 10 heteroatoms. The molecule has 0 amide bonds. The van der Waals surface area contributed by atoms with Gasteiger partial charge in [-0.25, -0.2) is 0 Å². The largest absolute Gasteiger partial charge is 0.469 e. The SMILES string of the molecule is COC(=O)[C@@]12CC(=O)/C=C(\C)CC/C=C(\C)C(=O)C[C@@H](C(C)C)C(=O)[C@H]1CC(C)=C1C[C@H](OC(C)=O)[C@@](C)(O)[C@H]3CC[C@@](C)(O)[C@@H](CC/C(C)=C/[C@@H]12)O3. The maximum atomic E-state index is 15.1. The number of ether oxygens (including phenoxy) is 3. The van der Waals surface area contributed by atoms with E-state index >= 15 is 4.79 Å². The van der Waals surface area contributed by atoms with Crippen molar-refractivity contribution in [1.82, 2.24) is 0 Å². The number of Topliss-reactive ketones (excluding diaryl/α,β-unsaturated/α-hetero) is 2. The molecule has 9 atom stereocenters. The smallest absolute Gasteiger partial charge is 0.313 e. The molecule has 0 aromatic rings. The average molecular weight is 739 g/mol. The first kappa shape index (κ1) is 42.5. The second-order valence-corrected chi connectivity index (χ2v) is 17.1. The quantitative estimate of drug-likeness (QED) is 0.238. The molecular weight excluding hydrogens is 676 g/mol. The predicted octanol–water partition coefficient (Wildman–Crippen LogP) is 6.66. The van der Waals surface area contributed by atoms with Crippen LogP contribution in [0.3, 0.4) is 0 Å². The fourth-order valence-electron chi connectivity index (χ4n) is 9.19. The first-order chi connectivity index (χ1) is 24.6. The molecule has 2 heterocycles. The number of carbonyl (C=O) groups excluding carboxylic acids is 5. The summed E-state index contributed by atoms with van der Waals surface area (Å²) >= 11 is 0. The van der Waals surface area contributed by atoms with E-state index in [0.29, 0.717) is 49.7 Å². The van der Waals surface area contributed by atoms with Crippen molar-refractivity contribution in [2.24, 2.45) is 29.1 Å². The van der Waals surface area contributed by atoms with Crippen LogP contribution in [0.15, 0.2) is 46.1 Å². The number of methoxy groups -OCH3 is 1. The average Bonchev–Trinajstić information content (AvgIpc) is 3.06. The molecule has 53 heavy (non-hydrogen) atoms. The van der Waals surface area contributed by atoms with Crippen molar-refractivity contribution in [2.75, 3.05) is 7.11 Å². The van der Waals surface area contributed by atoms with Gasteiger partial charge in [0.05, 0.1) is 30.3 Å². The highest BCUT2D eigenvalue weighted by Crippen LogP contribution is 2.56. The minimum atomic E-state index is -1.73. The van der Waals surface area contributed by atoms with Crippen LogP contribution in [0.25, 0.3) is 0 Å². The van der Waals surface area contributed by atoms with Crippen molar-refractivity contribution in [3.63, 3.8) is 0 Å². The zero-order chi connectivity index (χ0) is 39.6. The van der Waals surface area contributed by atoms with Crippen molar-refractivity contribution in [3.8, 4) is 0 Å². The highest BCUT2D eigenvalue weighted by Gasteiger charge is 2.60. The second-order valence-electron chi connectivity index (χ2n) is 17.1. The number of carbonyl (C=O) groups is 5. The summed E-state index contributed by atoms with van der Waals surface area (Å²) in [7, 11) is 1.26. The van der Waals surface area contributed by atoms with Crippen molar-refractivity contribution in [3.05, 3.63) is 46.1 Å². The molecule has 2 bridgehead atoms. The molecule has 1 fully saturated rings. The van der Waals surface area contributed by atoms with Gasteiger partial charge in [-0.2, -0.15) is 0 Å². The topological polar surface area (TPSA) is 154 Å². The highest BCUT2D eigenvalue weighted by atomic mass is 16.6. The number of allylic oxidation sites excluding steroid dienone is 7. The van der Waals surface area contributed by atoms with E-state index in [2.05, 4.69) is 0 Å². The summed E-state index contributed by atoms with van der Waals surface area (Å²) in [5.74, 6) is -4.91. The Kier molecular flexibility index (Phi) is 13.4. The molecule has 2 aliphatic heterocycles. The van der Waals surface area contributed by atoms with E-state index in [1.165, 1.54) is 20.1 Å². The number of aliphatic hydroxyl groups is 2. The van der Waals surface area contributed by atoms with E-state index in [-0.39, 0.29) is 49.0 Å². The molecule has 0 saturated carbocycles. The summed E-state index contributed by atoms with van der Waals surface area (Å²) in [6, 6.07) is 0. The Morgan fingerprint density at radius 1 is 0.943 bits per heavy atom. The maximum Gasteiger partial charge on any atom is 0.313 e. The van der Waals surface area contributed by atoms with Crippen molar-refractivity contribution < 1.29 is 48.4 Å². The lowest BCUT2D eigenvalue weighted by molar-refractivity contribution is -0.239. The van der Waals surface area contributed by atoms with Crippen molar-refractivity contribution in [1.29, 1.82) is 0 Å². The van der Waals surface area contributed by atoms with Crippen molar-refractivity contribution >= 4 is 29.3 Å². The lowest BCUT2D eigenvalue weighted by Gasteiger charge is -2.51. The van der Waals surface area contributed by atoms with Gasteiger partial charge in [-0.15, -0.1) is 0 Å². The Morgan fingerprint density at radius 3 is 2.25 bits per heavy atom. The number of ketones is 3. The molecule has 0 radical (unpaired) electrons. The Balaban J connectivity index is 2.06. The van der Waals surface area contributed by atoms with Gasteiger partial charge in [0.2, 0.25) is 0 Å². The number of rotatable bonds is 3. The van der Waals surface area contributed by atoms with Crippen LogP contribution in [0.2, 0.25) is 0 Å². The zero-order valence-corrected chi connectivity index (χ0v) is 33.5. The summed E-state index contributed by atoms with van der Waals surface area (Å²) in [5, 5.41) is 23.6. The van der Waals surface area contributed by atoms with Gasteiger partial charge in [-0.1, -0.05) is 48.3 Å². The molecule has 0 aromatic carbocycles. The van der Waals surface area contributed by atoms with Crippen LogP contribution in [0, 0.1) is 29.1 Å². The summed E-state index contributed by atoms with van der Waals surface area (Å²) < 4.78 is 17.9. The van der Waals surface area contributed by atoms with Gasteiger partial charge in [0.15, 0.2) is 11.6 Å². The Bertz CT molecular complexity index is 1590. The lowest BCUT2D eigenvalue weighted by Crippen LogP contribution is -2.60. The van der Waals surface area contributed by atoms with Crippen LogP contribution in [0.4, 0.5) is 0 Å². The third-order valence-corrected chi connectivity index (χ3v) is 12.6. The Morgan fingerprint density at radius 2 is 1.62 bits per heavy atom. The second kappa shape index (κ2) is 16.7. The third-order valence-electron chi connectivity index (χ3n) is 12.6. The minimum Gasteiger partial charge on any atom is -0.469 e. The summed E-state index contributed by atoms with van der Waals surface area (Å²) in [4.78, 5) is 70.4. The molecule has 0 spiro atoms. The number of hydrogen-bond acceptors (Lipinski definition) is 10. The fraction of sp³-hybridized carbons (Fsp3) is 0.698. The van der Waals surface area contributed by atoms with Crippen LogP contribution < -0.4 is 0 Å². The highest BCUT2D eigenvalue weighted by molar-refractivity contribution is 6.01. The zero-order valence-electron chi connectivity index (χ0n) is 33.5. The third kappa shape index (κ3) is 9.03. The first-order valence-electron chi connectivity index (χ1n) is 19.3.